The van der Waals surface area contributed by atoms with E-state index in [1.807, 2.05) is 17.8 Å². The van der Waals surface area contributed by atoms with Gasteiger partial charge >= 0.3 is 0 Å². The standard InChI is InChI=1S/C18H17F2N3/c1-23-11-10-21-18(23)17(13-6-8-15(19)9-7-13)22-12-14-4-2-3-5-16(14)20/h2-11,17,22H,12H2,1H3/t17-/m0/s1. The van der Waals surface area contributed by atoms with E-state index in [0.717, 1.165) is 11.4 Å². The Morgan fingerprint density at radius 1 is 1.09 bits per heavy atom. The summed E-state index contributed by atoms with van der Waals surface area (Å²) >= 11 is 0. The Morgan fingerprint density at radius 2 is 1.83 bits per heavy atom. The molecule has 0 radical (unpaired) electrons. The summed E-state index contributed by atoms with van der Waals surface area (Å²) in [7, 11) is 1.89. The van der Waals surface area contributed by atoms with Gasteiger partial charge in [0.15, 0.2) is 0 Å². The topological polar surface area (TPSA) is 29.9 Å². The maximum absolute atomic E-state index is 13.8. The Morgan fingerprint density at radius 3 is 2.48 bits per heavy atom. The van der Waals surface area contributed by atoms with E-state index in [2.05, 4.69) is 10.3 Å². The highest BCUT2D eigenvalue weighted by molar-refractivity contribution is 5.26. The van der Waals surface area contributed by atoms with Gasteiger partial charge in [0, 0.05) is 31.5 Å². The summed E-state index contributed by atoms with van der Waals surface area (Å²) in [5.74, 6) is 0.243. The fourth-order valence-electron chi connectivity index (χ4n) is 2.52. The Bertz CT molecular complexity index is 781. The number of halogens is 2. The van der Waals surface area contributed by atoms with Crippen molar-refractivity contribution in [3.8, 4) is 0 Å². The van der Waals surface area contributed by atoms with Crippen LogP contribution in [0.25, 0.3) is 0 Å². The molecule has 0 saturated carbocycles. The van der Waals surface area contributed by atoms with E-state index in [0.29, 0.717) is 12.1 Å². The SMILES string of the molecule is Cn1ccnc1[C@@H](NCc1ccccc1F)c1ccc(F)cc1. The van der Waals surface area contributed by atoms with Gasteiger partial charge in [0.25, 0.3) is 0 Å². The first-order valence-electron chi connectivity index (χ1n) is 7.34. The predicted octanol–water partition coefficient (Wildman–Crippen LogP) is 3.58. The zero-order chi connectivity index (χ0) is 16.2. The molecular formula is C18H17F2N3. The van der Waals surface area contributed by atoms with Crippen LogP contribution in [0.3, 0.4) is 0 Å². The van der Waals surface area contributed by atoms with Gasteiger partial charge in [0.1, 0.15) is 17.5 Å². The van der Waals surface area contributed by atoms with Crippen molar-refractivity contribution in [3.63, 3.8) is 0 Å². The van der Waals surface area contributed by atoms with Gasteiger partial charge in [-0.25, -0.2) is 13.8 Å². The maximum atomic E-state index is 13.8. The van der Waals surface area contributed by atoms with Gasteiger partial charge in [0.2, 0.25) is 0 Å². The number of aromatic nitrogens is 2. The van der Waals surface area contributed by atoms with Crippen molar-refractivity contribution in [1.82, 2.24) is 14.9 Å². The minimum atomic E-state index is -0.290. The van der Waals surface area contributed by atoms with Gasteiger partial charge in [-0.15, -0.1) is 0 Å². The van der Waals surface area contributed by atoms with Crippen LogP contribution in [0.15, 0.2) is 60.9 Å². The lowest BCUT2D eigenvalue weighted by Gasteiger charge is -2.19. The zero-order valence-electron chi connectivity index (χ0n) is 12.7. The van der Waals surface area contributed by atoms with Crippen molar-refractivity contribution in [2.45, 2.75) is 12.6 Å². The number of benzene rings is 2. The second kappa shape index (κ2) is 6.71. The fraction of sp³-hybridized carbons (Fsp3) is 0.167. The van der Waals surface area contributed by atoms with E-state index < -0.39 is 0 Å². The van der Waals surface area contributed by atoms with Gasteiger partial charge in [0.05, 0.1) is 6.04 Å². The quantitative estimate of drug-likeness (QED) is 0.780. The molecule has 2 aromatic carbocycles. The van der Waals surface area contributed by atoms with Crippen molar-refractivity contribution in [2.75, 3.05) is 0 Å². The van der Waals surface area contributed by atoms with E-state index in [1.54, 1.807) is 36.5 Å². The van der Waals surface area contributed by atoms with Crippen molar-refractivity contribution in [3.05, 3.63) is 89.5 Å². The largest absolute Gasteiger partial charge is 0.336 e. The predicted molar refractivity (Wildman–Crippen MR) is 84.7 cm³/mol. The van der Waals surface area contributed by atoms with Crippen LogP contribution in [-0.2, 0) is 13.6 Å². The normalized spacial score (nSPS) is 12.3. The number of hydrogen-bond donors (Lipinski definition) is 1. The molecule has 1 heterocycles. The second-order valence-electron chi connectivity index (χ2n) is 5.35. The molecule has 0 amide bonds. The number of aryl methyl sites for hydroxylation is 1. The molecule has 0 spiro atoms. The minimum absolute atomic E-state index is 0.252. The Kier molecular flexibility index (Phi) is 4.48. The summed E-state index contributed by atoms with van der Waals surface area (Å²) in [6, 6.07) is 12.6. The lowest BCUT2D eigenvalue weighted by atomic mass is 10.1. The molecule has 118 valence electrons. The molecule has 3 aromatic rings. The van der Waals surface area contributed by atoms with Gasteiger partial charge < -0.3 is 4.57 Å². The highest BCUT2D eigenvalue weighted by Gasteiger charge is 2.18. The lowest BCUT2D eigenvalue weighted by molar-refractivity contribution is 0.534. The summed E-state index contributed by atoms with van der Waals surface area (Å²) < 4.78 is 28.9. The van der Waals surface area contributed by atoms with Gasteiger partial charge in [-0.2, -0.15) is 0 Å². The highest BCUT2D eigenvalue weighted by atomic mass is 19.1. The van der Waals surface area contributed by atoms with Gasteiger partial charge in [-0.3, -0.25) is 5.32 Å². The number of imidazole rings is 1. The van der Waals surface area contributed by atoms with Crippen LogP contribution in [-0.4, -0.2) is 9.55 Å². The molecular weight excluding hydrogens is 296 g/mol. The summed E-state index contributed by atoms with van der Waals surface area (Å²) in [6.45, 7) is 0.349. The molecule has 3 rings (SSSR count). The van der Waals surface area contributed by atoms with Crippen LogP contribution in [0.4, 0.5) is 8.78 Å². The molecule has 5 heteroatoms. The molecule has 1 N–H and O–H groups in total. The third-order valence-corrected chi connectivity index (χ3v) is 3.77. The monoisotopic (exact) mass is 313 g/mol. The zero-order valence-corrected chi connectivity index (χ0v) is 12.7. The first-order chi connectivity index (χ1) is 11.1. The third-order valence-electron chi connectivity index (χ3n) is 3.77. The molecule has 0 saturated heterocycles. The molecule has 0 aliphatic heterocycles. The first kappa shape index (κ1) is 15.4. The third kappa shape index (κ3) is 3.46. The van der Waals surface area contributed by atoms with Crippen molar-refractivity contribution in [1.29, 1.82) is 0 Å². The smallest absolute Gasteiger partial charge is 0.130 e. The summed E-state index contributed by atoms with van der Waals surface area (Å²) in [6.07, 6.45) is 3.55. The number of hydrogen-bond acceptors (Lipinski definition) is 2. The van der Waals surface area contributed by atoms with Crippen LogP contribution >= 0.6 is 0 Å². The van der Waals surface area contributed by atoms with Crippen LogP contribution < -0.4 is 5.32 Å². The maximum Gasteiger partial charge on any atom is 0.130 e. The molecule has 0 aliphatic rings. The van der Waals surface area contributed by atoms with Crippen LogP contribution in [0, 0.1) is 11.6 Å². The number of nitrogens with zero attached hydrogens (tertiary/aromatic N) is 2. The van der Waals surface area contributed by atoms with E-state index in [-0.39, 0.29) is 17.7 Å². The molecule has 0 fully saturated rings. The Balaban J connectivity index is 1.88. The summed E-state index contributed by atoms with van der Waals surface area (Å²) in [4.78, 5) is 4.36. The van der Waals surface area contributed by atoms with Crippen LogP contribution in [0.1, 0.15) is 23.0 Å². The average molecular weight is 313 g/mol. The van der Waals surface area contributed by atoms with E-state index in [9.17, 15) is 8.78 Å². The Labute approximate surface area is 133 Å². The van der Waals surface area contributed by atoms with Crippen LogP contribution in [0.2, 0.25) is 0 Å². The molecule has 0 unspecified atom stereocenters. The van der Waals surface area contributed by atoms with Gasteiger partial charge in [-0.05, 0) is 23.8 Å². The van der Waals surface area contributed by atoms with Crippen molar-refractivity contribution in [2.24, 2.45) is 7.05 Å². The highest BCUT2D eigenvalue weighted by Crippen LogP contribution is 2.21. The average Bonchev–Trinajstić information content (AvgIpc) is 2.97. The molecule has 23 heavy (non-hydrogen) atoms. The second-order valence-corrected chi connectivity index (χ2v) is 5.35. The molecule has 1 atom stereocenters. The lowest BCUT2D eigenvalue weighted by Crippen LogP contribution is -2.25. The summed E-state index contributed by atoms with van der Waals surface area (Å²) in [5, 5.41) is 3.31. The summed E-state index contributed by atoms with van der Waals surface area (Å²) in [5.41, 5.74) is 1.45. The van der Waals surface area contributed by atoms with Crippen LogP contribution in [0.5, 0.6) is 0 Å². The number of nitrogens with one attached hydrogen (secondary N) is 1. The van der Waals surface area contributed by atoms with E-state index in [1.165, 1.54) is 18.2 Å². The molecule has 3 nitrogen and oxygen atoms in total. The first-order valence-corrected chi connectivity index (χ1v) is 7.34. The fourth-order valence-corrected chi connectivity index (χ4v) is 2.52. The molecule has 0 bridgehead atoms. The molecule has 0 aliphatic carbocycles. The van der Waals surface area contributed by atoms with Gasteiger partial charge in [-0.1, -0.05) is 30.3 Å². The molecule has 1 aromatic heterocycles. The minimum Gasteiger partial charge on any atom is -0.336 e. The van der Waals surface area contributed by atoms with E-state index >= 15 is 0 Å². The number of rotatable bonds is 5. The van der Waals surface area contributed by atoms with Crippen molar-refractivity contribution < 1.29 is 8.78 Å². The van der Waals surface area contributed by atoms with E-state index in [4.69, 9.17) is 0 Å². The Hall–Kier alpha value is -2.53. The van der Waals surface area contributed by atoms with Crippen molar-refractivity contribution >= 4 is 0 Å².